The Hall–Kier alpha value is -1.41. The molecule has 8 heteroatoms. The normalized spacial score (nSPS) is 11.5. The number of benzene rings is 2. The number of esters is 1. The standard InChI is InChI=1S/C16H15BrClNO4S/c1-19(2)24(21,22)15-9-12(5-8-14(15)18)16(20)23-10-11-3-6-13(17)7-4-11/h3-9H,10H2,1-2H3. The molecule has 5 nitrogen and oxygen atoms in total. The van der Waals surface area contributed by atoms with E-state index < -0.39 is 16.0 Å². The monoisotopic (exact) mass is 431 g/mol. The lowest BCUT2D eigenvalue weighted by Crippen LogP contribution is -2.23. The zero-order valence-electron chi connectivity index (χ0n) is 13.0. The fourth-order valence-electron chi connectivity index (χ4n) is 1.84. The minimum atomic E-state index is -3.75. The number of hydrogen-bond acceptors (Lipinski definition) is 4. The smallest absolute Gasteiger partial charge is 0.338 e. The zero-order valence-corrected chi connectivity index (χ0v) is 16.2. The molecule has 0 aliphatic heterocycles. The summed E-state index contributed by atoms with van der Waals surface area (Å²) in [4.78, 5) is 12.0. The van der Waals surface area contributed by atoms with E-state index in [1.54, 1.807) is 0 Å². The van der Waals surface area contributed by atoms with E-state index in [4.69, 9.17) is 16.3 Å². The van der Waals surface area contributed by atoms with Gasteiger partial charge in [0.05, 0.1) is 10.6 Å². The maximum atomic E-state index is 12.2. The second-order valence-corrected chi connectivity index (χ2v) is 8.58. The van der Waals surface area contributed by atoms with Crippen LogP contribution in [0.3, 0.4) is 0 Å². The third-order valence-electron chi connectivity index (χ3n) is 3.21. The fourth-order valence-corrected chi connectivity index (χ4v) is 3.50. The molecule has 0 aromatic heterocycles. The van der Waals surface area contributed by atoms with E-state index in [9.17, 15) is 13.2 Å². The van der Waals surface area contributed by atoms with Gasteiger partial charge >= 0.3 is 5.97 Å². The lowest BCUT2D eigenvalue weighted by Gasteiger charge is -2.13. The Labute approximate surface area is 154 Å². The summed E-state index contributed by atoms with van der Waals surface area (Å²) in [5.74, 6) is -0.621. The summed E-state index contributed by atoms with van der Waals surface area (Å²) in [6, 6.07) is 11.3. The number of rotatable bonds is 5. The van der Waals surface area contributed by atoms with Crippen molar-refractivity contribution in [2.45, 2.75) is 11.5 Å². The van der Waals surface area contributed by atoms with E-state index in [1.165, 1.54) is 32.3 Å². The third-order valence-corrected chi connectivity index (χ3v) is 6.03. The quantitative estimate of drug-likeness (QED) is 0.676. The largest absolute Gasteiger partial charge is 0.457 e. The molecule has 0 saturated heterocycles. The minimum absolute atomic E-state index is 0.0492. The van der Waals surface area contributed by atoms with Gasteiger partial charge in [0.15, 0.2) is 0 Å². The van der Waals surface area contributed by atoms with Crippen molar-refractivity contribution in [2.75, 3.05) is 14.1 Å². The number of carbonyl (C=O) groups excluding carboxylic acids is 1. The van der Waals surface area contributed by atoms with Crippen LogP contribution in [0.4, 0.5) is 0 Å². The van der Waals surface area contributed by atoms with Crippen LogP contribution in [0.1, 0.15) is 15.9 Å². The molecule has 0 radical (unpaired) electrons. The molecule has 2 rings (SSSR count). The molecule has 0 bridgehead atoms. The highest BCUT2D eigenvalue weighted by molar-refractivity contribution is 9.10. The van der Waals surface area contributed by atoms with Gasteiger partial charge in [0.2, 0.25) is 10.0 Å². The molecule has 0 fully saturated rings. The van der Waals surface area contributed by atoms with Gasteiger partial charge in [-0.2, -0.15) is 0 Å². The Kier molecular flexibility index (Phi) is 6.03. The van der Waals surface area contributed by atoms with Crippen molar-refractivity contribution in [3.8, 4) is 0 Å². The van der Waals surface area contributed by atoms with Gasteiger partial charge in [-0.3, -0.25) is 0 Å². The first-order valence-corrected chi connectivity index (χ1v) is 9.46. The summed E-state index contributed by atoms with van der Waals surface area (Å²) in [7, 11) is -0.961. The molecule has 0 atom stereocenters. The molecule has 0 aliphatic carbocycles. The van der Waals surface area contributed by atoms with Crippen molar-refractivity contribution in [2.24, 2.45) is 0 Å². The predicted octanol–water partition coefficient (Wildman–Crippen LogP) is 3.71. The molecule has 2 aromatic rings. The Bertz CT molecular complexity index is 851. The van der Waals surface area contributed by atoms with Gasteiger partial charge < -0.3 is 4.74 Å². The van der Waals surface area contributed by atoms with Crippen LogP contribution in [0.5, 0.6) is 0 Å². The SMILES string of the molecule is CN(C)S(=O)(=O)c1cc(C(=O)OCc2ccc(Br)cc2)ccc1Cl. The van der Waals surface area contributed by atoms with Crippen molar-refractivity contribution in [3.05, 3.63) is 63.1 Å². The summed E-state index contributed by atoms with van der Waals surface area (Å²) in [5, 5.41) is 0.0492. The van der Waals surface area contributed by atoms with Gasteiger partial charge in [0.25, 0.3) is 0 Å². The lowest BCUT2D eigenvalue weighted by molar-refractivity contribution is 0.0472. The second kappa shape index (κ2) is 7.65. The first kappa shape index (κ1) is 18.9. The molecule has 0 N–H and O–H groups in total. The summed E-state index contributed by atoms with van der Waals surface area (Å²) < 4.78 is 31.6. The van der Waals surface area contributed by atoms with Crippen LogP contribution < -0.4 is 0 Å². The van der Waals surface area contributed by atoms with Crippen LogP contribution in [0.2, 0.25) is 5.02 Å². The van der Waals surface area contributed by atoms with Crippen molar-refractivity contribution >= 4 is 43.5 Å². The highest BCUT2D eigenvalue weighted by Gasteiger charge is 2.22. The maximum Gasteiger partial charge on any atom is 0.338 e. The summed E-state index contributed by atoms with van der Waals surface area (Å²) in [6.45, 7) is 0.0878. The molecule has 0 saturated carbocycles. The number of halogens is 2. The molecular formula is C16H15BrClNO4S. The van der Waals surface area contributed by atoms with Crippen LogP contribution in [0.15, 0.2) is 51.8 Å². The van der Waals surface area contributed by atoms with Crippen LogP contribution in [0, 0.1) is 0 Å². The van der Waals surface area contributed by atoms with Gasteiger partial charge in [-0.05, 0) is 35.9 Å². The van der Waals surface area contributed by atoms with Crippen molar-refractivity contribution in [1.29, 1.82) is 0 Å². The van der Waals surface area contributed by atoms with Crippen LogP contribution in [-0.2, 0) is 21.4 Å². The molecule has 0 heterocycles. The predicted molar refractivity (Wildman–Crippen MR) is 95.6 cm³/mol. The fraction of sp³-hybridized carbons (Fsp3) is 0.188. The molecular weight excluding hydrogens is 418 g/mol. The maximum absolute atomic E-state index is 12.2. The zero-order chi connectivity index (χ0) is 17.9. The van der Waals surface area contributed by atoms with Gasteiger partial charge in [0.1, 0.15) is 11.5 Å². The summed E-state index contributed by atoms with van der Waals surface area (Å²) in [5.41, 5.74) is 0.943. The first-order valence-electron chi connectivity index (χ1n) is 6.85. The number of ether oxygens (including phenoxy) is 1. The topological polar surface area (TPSA) is 63.7 Å². The number of nitrogens with zero attached hydrogens (tertiary/aromatic N) is 1. The van der Waals surface area contributed by atoms with Crippen molar-refractivity contribution in [1.82, 2.24) is 4.31 Å². The molecule has 2 aromatic carbocycles. The number of hydrogen-bond donors (Lipinski definition) is 0. The summed E-state index contributed by atoms with van der Waals surface area (Å²) >= 11 is 9.28. The molecule has 0 amide bonds. The second-order valence-electron chi connectivity index (χ2n) is 5.14. The van der Waals surface area contributed by atoms with Gasteiger partial charge in [-0.1, -0.05) is 39.7 Å². The van der Waals surface area contributed by atoms with E-state index in [2.05, 4.69) is 15.9 Å². The van der Waals surface area contributed by atoms with E-state index in [0.717, 1.165) is 14.3 Å². The van der Waals surface area contributed by atoms with E-state index in [0.29, 0.717) is 0 Å². The van der Waals surface area contributed by atoms with Gasteiger partial charge in [-0.15, -0.1) is 0 Å². The van der Waals surface area contributed by atoms with Crippen molar-refractivity contribution in [3.63, 3.8) is 0 Å². The third kappa shape index (κ3) is 4.36. The molecule has 128 valence electrons. The molecule has 0 unspecified atom stereocenters. The average Bonchev–Trinajstić information content (AvgIpc) is 2.54. The summed E-state index contributed by atoms with van der Waals surface area (Å²) in [6.07, 6.45) is 0. The average molecular weight is 433 g/mol. The Morgan fingerprint density at radius 1 is 1.17 bits per heavy atom. The Morgan fingerprint density at radius 3 is 2.38 bits per heavy atom. The van der Waals surface area contributed by atoms with Crippen LogP contribution >= 0.6 is 27.5 Å². The highest BCUT2D eigenvalue weighted by atomic mass is 79.9. The van der Waals surface area contributed by atoms with Crippen molar-refractivity contribution < 1.29 is 17.9 Å². The van der Waals surface area contributed by atoms with Gasteiger partial charge in [-0.25, -0.2) is 17.5 Å². The van der Waals surface area contributed by atoms with E-state index >= 15 is 0 Å². The Morgan fingerprint density at radius 2 is 1.79 bits per heavy atom. The lowest BCUT2D eigenvalue weighted by atomic mass is 10.2. The van der Waals surface area contributed by atoms with Crippen LogP contribution in [-0.4, -0.2) is 32.8 Å². The first-order chi connectivity index (χ1) is 11.2. The Balaban J connectivity index is 2.20. The van der Waals surface area contributed by atoms with Crippen LogP contribution in [0.25, 0.3) is 0 Å². The number of carbonyl (C=O) groups is 1. The molecule has 0 aliphatic rings. The van der Waals surface area contributed by atoms with E-state index in [-0.39, 0.29) is 22.1 Å². The highest BCUT2D eigenvalue weighted by Crippen LogP contribution is 2.25. The molecule has 24 heavy (non-hydrogen) atoms. The molecule has 0 spiro atoms. The van der Waals surface area contributed by atoms with Gasteiger partial charge in [0, 0.05) is 18.6 Å². The number of sulfonamides is 1. The minimum Gasteiger partial charge on any atom is -0.457 e. The van der Waals surface area contributed by atoms with E-state index in [1.807, 2.05) is 24.3 Å².